The van der Waals surface area contributed by atoms with E-state index in [1.54, 1.807) is 6.07 Å². The van der Waals surface area contributed by atoms with Gasteiger partial charge in [-0.3, -0.25) is 0 Å². The standard InChI is InChI=1S/C8H8F3NOS/c1-14(13,12-8(9,10)11)7-5-3-2-4-6-7/h2-6H,1H3. The van der Waals surface area contributed by atoms with Crippen molar-refractivity contribution >= 4 is 9.73 Å². The predicted octanol–water partition coefficient (Wildman–Crippen LogP) is 2.66. The Morgan fingerprint density at radius 1 is 1.21 bits per heavy atom. The molecule has 0 N–H and O–H groups in total. The zero-order valence-corrected chi connectivity index (χ0v) is 8.10. The van der Waals surface area contributed by atoms with E-state index in [1.165, 1.54) is 24.3 Å². The molecule has 0 aliphatic rings. The Morgan fingerprint density at radius 3 is 2.14 bits per heavy atom. The molecule has 0 spiro atoms. The third-order valence-electron chi connectivity index (χ3n) is 1.46. The summed E-state index contributed by atoms with van der Waals surface area (Å²) in [4.78, 5) is 0.0809. The molecule has 78 valence electrons. The molecule has 0 saturated carbocycles. The van der Waals surface area contributed by atoms with E-state index in [9.17, 15) is 17.4 Å². The van der Waals surface area contributed by atoms with E-state index in [0.717, 1.165) is 6.26 Å². The van der Waals surface area contributed by atoms with Crippen LogP contribution in [0.5, 0.6) is 0 Å². The number of alkyl halides is 3. The highest BCUT2D eigenvalue weighted by Crippen LogP contribution is 2.22. The van der Waals surface area contributed by atoms with Crippen LogP contribution in [-0.2, 0) is 9.73 Å². The Hall–Kier alpha value is -1.04. The second kappa shape index (κ2) is 3.61. The highest BCUT2D eigenvalue weighted by Gasteiger charge is 2.29. The lowest BCUT2D eigenvalue weighted by atomic mass is 10.4. The minimum absolute atomic E-state index is 0.0809. The summed E-state index contributed by atoms with van der Waals surface area (Å²) >= 11 is 0. The minimum Gasteiger partial charge on any atom is -0.245 e. The second-order valence-electron chi connectivity index (χ2n) is 2.67. The molecule has 0 radical (unpaired) electrons. The van der Waals surface area contributed by atoms with Gasteiger partial charge in [0.25, 0.3) is 0 Å². The lowest BCUT2D eigenvalue weighted by Crippen LogP contribution is -2.08. The van der Waals surface area contributed by atoms with Gasteiger partial charge < -0.3 is 0 Å². The summed E-state index contributed by atoms with van der Waals surface area (Å²) in [5.41, 5.74) is 0. The molecule has 0 fully saturated rings. The van der Waals surface area contributed by atoms with Gasteiger partial charge in [-0.15, -0.1) is 17.5 Å². The molecule has 0 saturated heterocycles. The third kappa shape index (κ3) is 3.02. The van der Waals surface area contributed by atoms with Crippen molar-refractivity contribution in [3.8, 4) is 0 Å². The summed E-state index contributed by atoms with van der Waals surface area (Å²) in [7, 11) is -3.37. The number of nitrogens with zero attached hydrogens (tertiary/aromatic N) is 1. The lowest BCUT2D eigenvalue weighted by Gasteiger charge is -2.05. The number of halogens is 3. The molecule has 6 heteroatoms. The average Bonchev–Trinajstić information content (AvgIpc) is 2.01. The largest absolute Gasteiger partial charge is 0.511 e. The van der Waals surface area contributed by atoms with E-state index in [4.69, 9.17) is 0 Å². The molecular weight excluding hydrogens is 215 g/mol. The summed E-state index contributed by atoms with van der Waals surface area (Å²) in [6.07, 6.45) is -3.79. The SMILES string of the molecule is CS(=O)(=NC(F)(F)F)c1ccccc1. The Kier molecular flexibility index (Phi) is 2.84. The third-order valence-corrected chi connectivity index (χ3v) is 3.16. The van der Waals surface area contributed by atoms with Crippen LogP contribution in [-0.4, -0.2) is 16.8 Å². The van der Waals surface area contributed by atoms with Gasteiger partial charge in [-0.2, -0.15) is 0 Å². The summed E-state index contributed by atoms with van der Waals surface area (Å²) < 4.78 is 49.5. The summed E-state index contributed by atoms with van der Waals surface area (Å²) in [6.45, 7) is 0. The molecule has 0 amide bonds. The Bertz CT molecular complexity index is 418. The molecule has 0 aliphatic heterocycles. The molecule has 1 atom stereocenters. The van der Waals surface area contributed by atoms with Crippen molar-refractivity contribution in [3.63, 3.8) is 0 Å². The molecule has 1 aromatic carbocycles. The summed E-state index contributed by atoms with van der Waals surface area (Å²) in [6, 6.07) is 7.39. The van der Waals surface area contributed by atoms with Gasteiger partial charge in [0.2, 0.25) is 0 Å². The van der Waals surface area contributed by atoms with Gasteiger partial charge in [-0.25, -0.2) is 4.21 Å². The van der Waals surface area contributed by atoms with Crippen LogP contribution in [0, 0.1) is 0 Å². The van der Waals surface area contributed by atoms with Gasteiger partial charge in [0.15, 0.2) is 0 Å². The molecule has 14 heavy (non-hydrogen) atoms. The average molecular weight is 223 g/mol. The van der Waals surface area contributed by atoms with Gasteiger partial charge in [-0.05, 0) is 12.1 Å². The highest BCUT2D eigenvalue weighted by atomic mass is 32.2. The molecule has 0 heterocycles. The van der Waals surface area contributed by atoms with Gasteiger partial charge in [0.1, 0.15) is 0 Å². The van der Waals surface area contributed by atoms with E-state index in [-0.39, 0.29) is 4.90 Å². The van der Waals surface area contributed by atoms with Crippen molar-refractivity contribution in [3.05, 3.63) is 30.3 Å². The van der Waals surface area contributed by atoms with Gasteiger partial charge >= 0.3 is 6.30 Å². The highest BCUT2D eigenvalue weighted by molar-refractivity contribution is 7.93. The number of rotatable bonds is 1. The van der Waals surface area contributed by atoms with Gasteiger partial charge in [0.05, 0.1) is 9.73 Å². The summed E-state index contributed by atoms with van der Waals surface area (Å²) in [5, 5.41) is 0. The topological polar surface area (TPSA) is 29.4 Å². The Labute approximate surface area is 79.9 Å². The molecule has 2 nitrogen and oxygen atoms in total. The fourth-order valence-corrected chi connectivity index (χ4v) is 2.09. The van der Waals surface area contributed by atoms with Crippen LogP contribution in [0.4, 0.5) is 13.2 Å². The van der Waals surface area contributed by atoms with Gasteiger partial charge in [-0.1, -0.05) is 18.2 Å². The van der Waals surface area contributed by atoms with Crippen molar-refractivity contribution in [2.75, 3.05) is 6.26 Å². The van der Waals surface area contributed by atoms with Crippen LogP contribution in [0.1, 0.15) is 0 Å². The maximum absolute atomic E-state index is 11.9. The normalized spacial score (nSPS) is 16.0. The quantitative estimate of drug-likeness (QED) is 0.673. The zero-order valence-electron chi connectivity index (χ0n) is 7.28. The molecule has 1 aromatic rings. The number of hydrogen-bond donors (Lipinski definition) is 0. The molecule has 0 bridgehead atoms. The fourth-order valence-electron chi connectivity index (χ4n) is 0.923. The van der Waals surface area contributed by atoms with Crippen molar-refractivity contribution in [2.24, 2.45) is 4.36 Å². The van der Waals surface area contributed by atoms with Crippen molar-refractivity contribution in [2.45, 2.75) is 11.2 Å². The first kappa shape index (κ1) is 11.0. The van der Waals surface area contributed by atoms with E-state index in [2.05, 4.69) is 4.36 Å². The van der Waals surface area contributed by atoms with Crippen molar-refractivity contribution in [1.82, 2.24) is 0 Å². The van der Waals surface area contributed by atoms with E-state index >= 15 is 0 Å². The Morgan fingerprint density at radius 2 is 1.71 bits per heavy atom. The molecule has 0 aliphatic carbocycles. The maximum Gasteiger partial charge on any atom is 0.511 e. The van der Waals surface area contributed by atoms with E-state index in [0.29, 0.717) is 0 Å². The van der Waals surface area contributed by atoms with Crippen LogP contribution in [0.3, 0.4) is 0 Å². The first-order valence-electron chi connectivity index (χ1n) is 3.66. The lowest BCUT2D eigenvalue weighted by molar-refractivity contribution is -0.117. The number of benzene rings is 1. The minimum atomic E-state index is -4.76. The van der Waals surface area contributed by atoms with Crippen LogP contribution >= 0.6 is 0 Å². The summed E-state index contributed by atoms with van der Waals surface area (Å²) in [5.74, 6) is 0. The maximum atomic E-state index is 11.9. The van der Waals surface area contributed by atoms with E-state index in [1.807, 2.05) is 0 Å². The fraction of sp³-hybridized carbons (Fsp3) is 0.250. The van der Waals surface area contributed by atoms with Crippen LogP contribution in [0.25, 0.3) is 0 Å². The molecule has 0 aromatic heterocycles. The van der Waals surface area contributed by atoms with Gasteiger partial charge in [0, 0.05) is 11.2 Å². The van der Waals surface area contributed by atoms with Crippen LogP contribution in [0.2, 0.25) is 0 Å². The molecule has 1 rings (SSSR count). The monoisotopic (exact) mass is 223 g/mol. The van der Waals surface area contributed by atoms with E-state index < -0.39 is 16.0 Å². The predicted molar refractivity (Wildman–Crippen MR) is 47.3 cm³/mol. The van der Waals surface area contributed by atoms with Crippen molar-refractivity contribution < 1.29 is 17.4 Å². The first-order chi connectivity index (χ1) is 6.31. The zero-order chi connectivity index (χ0) is 10.8. The van der Waals surface area contributed by atoms with Crippen LogP contribution in [0.15, 0.2) is 39.6 Å². The second-order valence-corrected chi connectivity index (χ2v) is 4.93. The molecular formula is C8H8F3NOS. The molecule has 1 unspecified atom stereocenters. The first-order valence-corrected chi connectivity index (χ1v) is 5.59. The smallest absolute Gasteiger partial charge is 0.245 e. The van der Waals surface area contributed by atoms with Crippen molar-refractivity contribution in [1.29, 1.82) is 0 Å². The Balaban J connectivity index is 3.23. The van der Waals surface area contributed by atoms with Crippen LogP contribution < -0.4 is 0 Å². The number of hydrogen-bond acceptors (Lipinski definition) is 2.